The van der Waals surface area contributed by atoms with Crippen LogP contribution in [0.4, 0.5) is 0 Å². The van der Waals surface area contributed by atoms with Gasteiger partial charge >= 0.3 is 5.97 Å². The van der Waals surface area contributed by atoms with Gasteiger partial charge in [0.25, 0.3) is 5.91 Å². The minimum atomic E-state index is -0.989. The van der Waals surface area contributed by atoms with E-state index in [-0.39, 0.29) is 12.5 Å². The third-order valence-electron chi connectivity index (χ3n) is 2.72. The highest BCUT2D eigenvalue weighted by Crippen LogP contribution is 2.03. The van der Waals surface area contributed by atoms with Crippen LogP contribution in [0.2, 0.25) is 0 Å². The zero-order valence-electron chi connectivity index (χ0n) is 10.4. The van der Waals surface area contributed by atoms with Gasteiger partial charge in [0.15, 0.2) is 0 Å². The zero-order valence-corrected chi connectivity index (χ0v) is 10.4. The molecule has 1 amide bonds. The van der Waals surface area contributed by atoms with Gasteiger partial charge in [0, 0.05) is 19.4 Å². The van der Waals surface area contributed by atoms with Gasteiger partial charge in [0.05, 0.1) is 12.2 Å². The van der Waals surface area contributed by atoms with Crippen molar-refractivity contribution < 1.29 is 14.7 Å². The molecule has 0 unspecified atom stereocenters. The number of aryl methyl sites for hydroxylation is 1. The van der Waals surface area contributed by atoms with Crippen molar-refractivity contribution in [3.8, 4) is 0 Å². The third kappa shape index (κ3) is 3.01. The zero-order chi connectivity index (χ0) is 13.8. The van der Waals surface area contributed by atoms with Gasteiger partial charge in [-0.2, -0.15) is 5.10 Å². The second kappa shape index (κ2) is 5.38. The summed E-state index contributed by atoms with van der Waals surface area (Å²) in [4.78, 5) is 22.6. The van der Waals surface area contributed by atoms with Gasteiger partial charge in [0.2, 0.25) is 0 Å². The molecular formula is C12H14N4O3. The summed E-state index contributed by atoms with van der Waals surface area (Å²) >= 11 is 0. The van der Waals surface area contributed by atoms with E-state index in [2.05, 4.69) is 10.4 Å². The Morgan fingerprint density at radius 2 is 2.21 bits per heavy atom. The Morgan fingerprint density at radius 1 is 1.42 bits per heavy atom. The highest BCUT2D eigenvalue weighted by atomic mass is 16.4. The van der Waals surface area contributed by atoms with Gasteiger partial charge in [-0.15, -0.1) is 0 Å². The number of hydrogen-bond donors (Lipinski definition) is 2. The van der Waals surface area contributed by atoms with E-state index < -0.39 is 5.97 Å². The first-order valence-corrected chi connectivity index (χ1v) is 5.70. The second-order valence-electron chi connectivity index (χ2n) is 4.04. The fourth-order valence-electron chi connectivity index (χ4n) is 1.74. The Kier molecular flexibility index (Phi) is 3.65. The van der Waals surface area contributed by atoms with Crippen molar-refractivity contribution in [1.29, 1.82) is 0 Å². The molecule has 0 spiro atoms. The summed E-state index contributed by atoms with van der Waals surface area (Å²) < 4.78 is 3.05. The number of carbonyl (C=O) groups excluding carboxylic acids is 1. The number of carboxylic acids is 1. The number of aliphatic carboxylic acids is 1. The van der Waals surface area contributed by atoms with Crippen molar-refractivity contribution in [3.63, 3.8) is 0 Å². The third-order valence-corrected chi connectivity index (χ3v) is 2.72. The Balaban J connectivity index is 2.02. The maximum Gasteiger partial charge on any atom is 0.323 e. The summed E-state index contributed by atoms with van der Waals surface area (Å²) in [7, 11) is 1.79. The van der Waals surface area contributed by atoms with E-state index in [1.54, 1.807) is 42.3 Å². The molecule has 2 N–H and O–H groups in total. The molecule has 0 aliphatic rings. The Hall–Kier alpha value is -2.57. The van der Waals surface area contributed by atoms with Crippen LogP contribution in [0.1, 0.15) is 16.2 Å². The van der Waals surface area contributed by atoms with Gasteiger partial charge in [-0.1, -0.05) is 0 Å². The van der Waals surface area contributed by atoms with Crippen LogP contribution in [-0.4, -0.2) is 31.3 Å². The molecule has 100 valence electrons. The first-order chi connectivity index (χ1) is 9.08. The lowest BCUT2D eigenvalue weighted by Gasteiger charge is -2.08. The number of hydrogen-bond acceptors (Lipinski definition) is 3. The van der Waals surface area contributed by atoms with Crippen LogP contribution < -0.4 is 5.32 Å². The molecule has 7 heteroatoms. The van der Waals surface area contributed by atoms with Crippen molar-refractivity contribution in [2.45, 2.75) is 13.1 Å². The smallest absolute Gasteiger partial charge is 0.323 e. The van der Waals surface area contributed by atoms with Crippen LogP contribution in [0, 0.1) is 0 Å². The maximum absolute atomic E-state index is 12.0. The van der Waals surface area contributed by atoms with Gasteiger partial charge in [-0.05, 0) is 18.2 Å². The van der Waals surface area contributed by atoms with Crippen LogP contribution in [0.25, 0.3) is 0 Å². The van der Waals surface area contributed by atoms with Crippen LogP contribution in [0.3, 0.4) is 0 Å². The highest BCUT2D eigenvalue weighted by molar-refractivity contribution is 5.93. The molecular weight excluding hydrogens is 248 g/mol. The van der Waals surface area contributed by atoms with E-state index >= 15 is 0 Å². The average molecular weight is 262 g/mol. The normalized spacial score (nSPS) is 10.4. The monoisotopic (exact) mass is 262 g/mol. The molecule has 0 saturated carbocycles. The van der Waals surface area contributed by atoms with E-state index in [1.165, 1.54) is 4.57 Å². The Morgan fingerprint density at radius 3 is 2.84 bits per heavy atom. The SMILES string of the molecule is Cn1nccc1CNC(=O)c1cccn1CC(=O)O. The molecule has 2 aromatic rings. The molecule has 7 nitrogen and oxygen atoms in total. The second-order valence-corrected chi connectivity index (χ2v) is 4.04. The number of carboxylic acid groups (broad SMARTS) is 1. The van der Waals surface area contributed by atoms with Crippen LogP contribution in [-0.2, 0) is 24.9 Å². The van der Waals surface area contributed by atoms with Crippen LogP contribution >= 0.6 is 0 Å². The van der Waals surface area contributed by atoms with Crippen molar-refractivity contribution in [3.05, 3.63) is 42.0 Å². The molecule has 0 saturated heterocycles. The topological polar surface area (TPSA) is 89.2 Å². The number of nitrogens with one attached hydrogen (secondary N) is 1. The van der Waals surface area contributed by atoms with Gasteiger partial charge in [0.1, 0.15) is 12.2 Å². The molecule has 19 heavy (non-hydrogen) atoms. The lowest BCUT2D eigenvalue weighted by atomic mass is 10.3. The molecule has 0 fully saturated rings. The molecule has 0 aliphatic heterocycles. The molecule has 2 aromatic heterocycles. The summed E-state index contributed by atoms with van der Waals surface area (Å²) in [5.74, 6) is -1.30. The minimum Gasteiger partial charge on any atom is -0.480 e. The first kappa shape index (κ1) is 12.9. The molecule has 2 rings (SSSR count). The van der Waals surface area contributed by atoms with Gasteiger partial charge in [-0.25, -0.2) is 0 Å². The fraction of sp³-hybridized carbons (Fsp3) is 0.250. The van der Waals surface area contributed by atoms with Crippen molar-refractivity contribution in [2.24, 2.45) is 7.05 Å². The number of carbonyl (C=O) groups is 2. The quantitative estimate of drug-likeness (QED) is 0.807. The van der Waals surface area contributed by atoms with Crippen LogP contribution in [0.15, 0.2) is 30.6 Å². The lowest BCUT2D eigenvalue weighted by Crippen LogP contribution is -2.27. The number of rotatable bonds is 5. The standard InChI is InChI=1S/C12H14N4O3/c1-15-9(4-5-14-15)7-13-12(19)10-3-2-6-16(10)8-11(17)18/h2-6H,7-8H2,1H3,(H,13,19)(H,17,18). The van der Waals surface area contributed by atoms with Crippen molar-refractivity contribution >= 4 is 11.9 Å². The number of nitrogens with zero attached hydrogens (tertiary/aromatic N) is 3. The number of amides is 1. The maximum atomic E-state index is 12.0. The average Bonchev–Trinajstić information content (AvgIpc) is 2.95. The predicted molar refractivity (Wildman–Crippen MR) is 66.4 cm³/mol. The van der Waals surface area contributed by atoms with E-state index in [0.717, 1.165) is 5.69 Å². The summed E-state index contributed by atoms with van der Waals surface area (Å²) in [5.41, 5.74) is 1.19. The molecule has 0 radical (unpaired) electrons. The Labute approximate surface area is 109 Å². The summed E-state index contributed by atoms with van der Waals surface area (Å²) in [6.07, 6.45) is 3.21. The number of aromatic nitrogens is 3. The molecule has 0 aromatic carbocycles. The first-order valence-electron chi connectivity index (χ1n) is 5.70. The Bertz CT molecular complexity index is 600. The van der Waals surface area contributed by atoms with Gasteiger partial charge < -0.3 is 15.0 Å². The lowest BCUT2D eigenvalue weighted by molar-refractivity contribution is -0.137. The summed E-state index contributed by atoms with van der Waals surface area (Å²) in [6.45, 7) is 0.106. The van der Waals surface area contributed by atoms with E-state index in [0.29, 0.717) is 12.2 Å². The van der Waals surface area contributed by atoms with Gasteiger partial charge in [-0.3, -0.25) is 14.3 Å². The van der Waals surface area contributed by atoms with Crippen molar-refractivity contribution in [1.82, 2.24) is 19.7 Å². The van der Waals surface area contributed by atoms with E-state index in [4.69, 9.17) is 5.11 Å². The fourth-order valence-corrected chi connectivity index (χ4v) is 1.74. The largest absolute Gasteiger partial charge is 0.480 e. The molecule has 0 aliphatic carbocycles. The predicted octanol–water partition coefficient (Wildman–Crippen LogP) is 0.236. The van der Waals surface area contributed by atoms with E-state index in [1.807, 2.05) is 0 Å². The van der Waals surface area contributed by atoms with Crippen LogP contribution in [0.5, 0.6) is 0 Å². The molecule has 0 bridgehead atoms. The minimum absolute atomic E-state index is 0.235. The highest BCUT2D eigenvalue weighted by Gasteiger charge is 2.12. The summed E-state index contributed by atoms with van der Waals surface area (Å²) in [6, 6.07) is 5.03. The molecule has 2 heterocycles. The summed E-state index contributed by atoms with van der Waals surface area (Å²) in [5, 5.41) is 15.5. The van der Waals surface area contributed by atoms with Crippen molar-refractivity contribution in [2.75, 3.05) is 0 Å². The molecule has 0 atom stereocenters. The van der Waals surface area contributed by atoms with E-state index in [9.17, 15) is 9.59 Å².